The quantitative estimate of drug-likeness (QED) is 0.859. The number of rotatable bonds is 4. The Morgan fingerprint density at radius 3 is 2.60 bits per heavy atom. The maximum atomic E-state index is 12.3. The third-order valence-corrected chi connectivity index (χ3v) is 4.91. The predicted octanol–water partition coefficient (Wildman–Crippen LogP) is 1.19. The second kappa shape index (κ2) is 7.63. The van der Waals surface area contributed by atoms with Gasteiger partial charge in [-0.25, -0.2) is 4.79 Å². The number of carbonyl (C=O) groups excluding carboxylic acids is 2. The number of hydrogen-bond acceptors (Lipinski definition) is 4. The minimum absolute atomic E-state index is 0.0226. The lowest BCUT2D eigenvalue weighted by atomic mass is 10.1. The van der Waals surface area contributed by atoms with E-state index in [0.29, 0.717) is 19.4 Å². The van der Waals surface area contributed by atoms with Gasteiger partial charge in [-0.05, 0) is 25.0 Å². The number of anilines is 1. The number of amides is 3. The number of likely N-dealkylation sites (tertiary alicyclic amines) is 1. The summed E-state index contributed by atoms with van der Waals surface area (Å²) in [5.41, 5.74) is 1.06. The molecule has 2 aliphatic heterocycles. The lowest BCUT2D eigenvalue weighted by Crippen LogP contribution is -2.53. The van der Waals surface area contributed by atoms with Gasteiger partial charge in [0, 0.05) is 45.2 Å². The normalized spacial score (nSPS) is 23.5. The zero-order chi connectivity index (χ0) is 17.8. The molecule has 3 amide bonds. The van der Waals surface area contributed by atoms with E-state index in [1.165, 1.54) is 0 Å². The van der Waals surface area contributed by atoms with Gasteiger partial charge in [-0.15, -0.1) is 0 Å². The number of ether oxygens (including phenoxy) is 1. The summed E-state index contributed by atoms with van der Waals surface area (Å²) in [6.45, 7) is 2.22. The van der Waals surface area contributed by atoms with Crippen molar-refractivity contribution in [2.75, 3.05) is 38.7 Å². The standard InChI is InChI=1S/C18H26N4O3/c1-21-11-13(7-8-17(21)23)19-18(24)20-14-9-10-22(12-14)15-5-3-4-6-16(15)25-2/h3-6,13-14H,7-12H2,1-2H3,(H2,19,20,24). The van der Waals surface area contributed by atoms with Crippen LogP contribution in [0.2, 0.25) is 0 Å². The molecule has 0 spiro atoms. The molecule has 0 aliphatic carbocycles. The van der Waals surface area contributed by atoms with Crippen LogP contribution in [0.4, 0.5) is 10.5 Å². The Morgan fingerprint density at radius 2 is 1.88 bits per heavy atom. The van der Waals surface area contributed by atoms with Gasteiger partial charge in [0.25, 0.3) is 0 Å². The fraction of sp³-hybridized carbons (Fsp3) is 0.556. The molecule has 0 aromatic heterocycles. The first-order valence-electron chi connectivity index (χ1n) is 8.75. The van der Waals surface area contributed by atoms with Crippen LogP contribution in [0.1, 0.15) is 19.3 Å². The van der Waals surface area contributed by atoms with Crippen LogP contribution in [0.15, 0.2) is 24.3 Å². The third kappa shape index (κ3) is 4.15. The molecule has 1 aromatic rings. The Kier molecular flexibility index (Phi) is 5.31. The molecule has 136 valence electrons. The van der Waals surface area contributed by atoms with E-state index in [9.17, 15) is 9.59 Å². The van der Waals surface area contributed by atoms with Crippen molar-refractivity contribution in [1.29, 1.82) is 0 Å². The van der Waals surface area contributed by atoms with Crippen LogP contribution in [-0.4, -0.2) is 62.7 Å². The third-order valence-electron chi connectivity index (χ3n) is 4.91. The van der Waals surface area contributed by atoms with E-state index in [2.05, 4.69) is 15.5 Å². The molecule has 7 heteroatoms. The summed E-state index contributed by atoms with van der Waals surface area (Å²) < 4.78 is 5.42. The Morgan fingerprint density at radius 1 is 1.16 bits per heavy atom. The fourth-order valence-electron chi connectivity index (χ4n) is 3.53. The fourth-order valence-corrected chi connectivity index (χ4v) is 3.53. The summed E-state index contributed by atoms with van der Waals surface area (Å²) in [6, 6.07) is 7.90. The first-order valence-corrected chi connectivity index (χ1v) is 8.75. The minimum atomic E-state index is -0.153. The van der Waals surface area contributed by atoms with Crippen molar-refractivity contribution in [2.45, 2.75) is 31.3 Å². The summed E-state index contributed by atoms with van der Waals surface area (Å²) in [7, 11) is 3.44. The van der Waals surface area contributed by atoms with E-state index in [0.717, 1.165) is 30.9 Å². The predicted molar refractivity (Wildman–Crippen MR) is 95.9 cm³/mol. The van der Waals surface area contributed by atoms with Crippen LogP contribution < -0.4 is 20.3 Å². The Hall–Kier alpha value is -2.44. The summed E-state index contributed by atoms with van der Waals surface area (Å²) in [5, 5.41) is 6.04. The van der Waals surface area contributed by atoms with E-state index < -0.39 is 0 Å². The Labute approximate surface area is 148 Å². The van der Waals surface area contributed by atoms with Gasteiger partial charge in [0.1, 0.15) is 5.75 Å². The Balaban J connectivity index is 1.49. The molecule has 3 rings (SSSR count). The number of nitrogens with zero attached hydrogens (tertiary/aromatic N) is 2. The molecular formula is C18H26N4O3. The number of likely N-dealkylation sites (N-methyl/N-ethyl adjacent to an activating group) is 1. The second-order valence-corrected chi connectivity index (χ2v) is 6.73. The van der Waals surface area contributed by atoms with Crippen molar-refractivity contribution in [2.24, 2.45) is 0 Å². The highest BCUT2D eigenvalue weighted by Gasteiger charge is 2.28. The van der Waals surface area contributed by atoms with Gasteiger partial charge in [-0.3, -0.25) is 4.79 Å². The SMILES string of the molecule is COc1ccccc1N1CCC(NC(=O)NC2CCC(=O)N(C)C2)C1. The summed E-state index contributed by atoms with van der Waals surface area (Å²) in [5.74, 6) is 0.990. The summed E-state index contributed by atoms with van der Waals surface area (Å²) in [4.78, 5) is 27.7. The van der Waals surface area contributed by atoms with Crippen LogP contribution in [-0.2, 0) is 4.79 Å². The van der Waals surface area contributed by atoms with Crippen LogP contribution in [0.3, 0.4) is 0 Å². The number of piperidine rings is 1. The van der Waals surface area contributed by atoms with Crippen LogP contribution in [0.5, 0.6) is 5.75 Å². The number of para-hydroxylation sites is 2. The molecule has 0 saturated carbocycles. The largest absolute Gasteiger partial charge is 0.495 e. The molecule has 2 fully saturated rings. The highest BCUT2D eigenvalue weighted by Crippen LogP contribution is 2.30. The lowest BCUT2D eigenvalue weighted by Gasteiger charge is -2.30. The topological polar surface area (TPSA) is 73.9 Å². The molecule has 2 N–H and O–H groups in total. The van der Waals surface area contributed by atoms with Gasteiger partial charge >= 0.3 is 6.03 Å². The Bertz CT molecular complexity index is 637. The summed E-state index contributed by atoms with van der Waals surface area (Å²) >= 11 is 0. The van der Waals surface area contributed by atoms with Gasteiger partial charge < -0.3 is 25.2 Å². The molecule has 0 bridgehead atoms. The van der Waals surface area contributed by atoms with Crippen molar-refractivity contribution in [3.63, 3.8) is 0 Å². The van der Waals surface area contributed by atoms with Crippen LogP contribution >= 0.6 is 0 Å². The number of nitrogens with one attached hydrogen (secondary N) is 2. The minimum Gasteiger partial charge on any atom is -0.495 e. The molecule has 25 heavy (non-hydrogen) atoms. The maximum absolute atomic E-state index is 12.3. The van der Waals surface area contributed by atoms with E-state index in [4.69, 9.17) is 4.74 Å². The second-order valence-electron chi connectivity index (χ2n) is 6.73. The van der Waals surface area contributed by atoms with Crippen molar-refractivity contribution in [3.8, 4) is 5.75 Å². The number of carbonyl (C=O) groups is 2. The molecule has 1 aromatic carbocycles. The molecule has 2 aliphatic rings. The average Bonchev–Trinajstić information content (AvgIpc) is 3.06. The molecule has 7 nitrogen and oxygen atoms in total. The van der Waals surface area contributed by atoms with Crippen molar-refractivity contribution in [1.82, 2.24) is 15.5 Å². The molecule has 0 radical (unpaired) electrons. The first kappa shape index (κ1) is 17.4. The number of hydrogen-bond donors (Lipinski definition) is 2. The molecule has 2 heterocycles. The zero-order valence-electron chi connectivity index (χ0n) is 14.8. The van der Waals surface area contributed by atoms with Gasteiger partial charge in [-0.1, -0.05) is 12.1 Å². The van der Waals surface area contributed by atoms with Crippen LogP contribution in [0, 0.1) is 0 Å². The molecule has 2 atom stereocenters. The van der Waals surface area contributed by atoms with Crippen molar-refractivity contribution < 1.29 is 14.3 Å². The summed E-state index contributed by atoms with van der Waals surface area (Å²) in [6.07, 6.45) is 2.09. The van der Waals surface area contributed by atoms with Crippen LogP contribution in [0.25, 0.3) is 0 Å². The van der Waals surface area contributed by atoms with Gasteiger partial charge in [0.05, 0.1) is 12.8 Å². The average molecular weight is 346 g/mol. The van der Waals surface area contributed by atoms with Crippen molar-refractivity contribution in [3.05, 3.63) is 24.3 Å². The smallest absolute Gasteiger partial charge is 0.315 e. The molecule has 2 saturated heterocycles. The van der Waals surface area contributed by atoms with E-state index in [1.807, 2.05) is 24.3 Å². The first-order chi connectivity index (χ1) is 12.1. The van der Waals surface area contributed by atoms with Gasteiger partial charge in [0.15, 0.2) is 0 Å². The number of urea groups is 1. The van der Waals surface area contributed by atoms with E-state index in [-0.39, 0.29) is 24.0 Å². The molecular weight excluding hydrogens is 320 g/mol. The lowest BCUT2D eigenvalue weighted by molar-refractivity contribution is -0.132. The number of benzene rings is 1. The highest BCUT2D eigenvalue weighted by atomic mass is 16.5. The van der Waals surface area contributed by atoms with Gasteiger partial charge in [0.2, 0.25) is 5.91 Å². The van der Waals surface area contributed by atoms with Crippen molar-refractivity contribution >= 4 is 17.6 Å². The zero-order valence-corrected chi connectivity index (χ0v) is 14.8. The van der Waals surface area contributed by atoms with E-state index >= 15 is 0 Å². The highest BCUT2D eigenvalue weighted by molar-refractivity contribution is 5.78. The van der Waals surface area contributed by atoms with E-state index in [1.54, 1.807) is 19.1 Å². The monoisotopic (exact) mass is 346 g/mol. The molecule has 2 unspecified atom stereocenters. The maximum Gasteiger partial charge on any atom is 0.315 e. The van der Waals surface area contributed by atoms with Gasteiger partial charge in [-0.2, -0.15) is 0 Å². The number of methoxy groups -OCH3 is 1.